The molecule has 0 unspecified atom stereocenters. The van der Waals surface area contributed by atoms with E-state index in [4.69, 9.17) is 9.47 Å². The zero-order valence-corrected chi connectivity index (χ0v) is 28.9. The van der Waals surface area contributed by atoms with E-state index in [0.717, 1.165) is 73.6 Å². The Morgan fingerprint density at radius 2 is 0.959 bits per heavy atom. The number of hydrogen-bond acceptors (Lipinski definition) is 4. The molecule has 0 radical (unpaired) electrons. The van der Waals surface area contributed by atoms with Crippen LogP contribution in [0.1, 0.15) is 123 Å². The highest BCUT2D eigenvalue weighted by Crippen LogP contribution is 2.57. The van der Waals surface area contributed by atoms with E-state index >= 15 is 0 Å². The van der Waals surface area contributed by atoms with Gasteiger partial charge < -0.3 is 9.47 Å². The smallest absolute Gasteiger partial charge is 0.338 e. The van der Waals surface area contributed by atoms with Crippen molar-refractivity contribution in [3.05, 3.63) is 143 Å². The second-order valence-corrected chi connectivity index (χ2v) is 14.4. The van der Waals surface area contributed by atoms with Crippen LogP contribution in [-0.2, 0) is 15.0 Å². The number of esters is 2. The molecule has 4 aromatic rings. The quantitative estimate of drug-likeness (QED) is 0.0953. The summed E-state index contributed by atoms with van der Waals surface area (Å²) in [4.78, 5) is 25.8. The standard InChI is InChI=1S/C45H46O4/c1-29(2)43(46)48-41-25-23-33(27-37(41)31-15-7-5-8-16-31)45(39-21-13-11-19-35(39)36-20-12-14-22-40(36)45)34-24-26-42(49-44(47)30(3)4)38(28-34)32-17-9-6-10-18-32/h11-14,19-28,31-32H,1,3,5-10,15-18H2,2,4H3. The molecule has 0 saturated heterocycles. The summed E-state index contributed by atoms with van der Waals surface area (Å²) in [5, 5.41) is 0. The van der Waals surface area contributed by atoms with Gasteiger partial charge in [-0.15, -0.1) is 0 Å². The fourth-order valence-corrected chi connectivity index (χ4v) is 8.61. The van der Waals surface area contributed by atoms with Crippen molar-refractivity contribution in [2.24, 2.45) is 0 Å². The molecule has 0 amide bonds. The van der Waals surface area contributed by atoms with Gasteiger partial charge in [0.25, 0.3) is 0 Å². The number of hydrogen-bond donors (Lipinski definition) is 0. The molecular formula is C45H46O4. The first-order valence-electron chi connectivity index (χ1n) is 18.0. The van der Waals surface area contributed by atoms with Crippen molar-refractivity contribution >= 4 is 11.9 Å². The maximum absolute atomic E-state index is 12.9. The van der Waals surface area contributed by atoms with Gasteiger partial charge in [0.2, 0.25) is 0 Å². The van der Waals surface area contributed by atoms with Crippen molar-refractivity contribution < 1.29 is 19.1 Å². The Kier molecular flexibility index (Phi) is 9.15. The zero-order chi connectivity index (χ0) is 34.1. The average molecular weight is 651 g/mol. The summed E-state index contributed by atoms with van der Waals surface area (Å²) < 4.78 is 12.1. The number of carbonyl (C=O) groups excluding carboxylic acids is 2. The van der Waals surface area contributed by atoms with Crippen LogP contribution in [0.2, 0.25) is 0 Å². The van der Waals surface area contributed by atoms with Crippen LogP contribution in [0.4, 0.5) is 0 Å². The third kappa shape index (κ3) is 5.96. The fraction of sp³-hybridized carbons (Fsp3) is 0.333. The van der Waals surface area contributed by atoms with Gasteiger partial charge in [-0.1, -0.05) is 124 Å². The minimum atomic E-state index is -0.645. The minimum absolute atomic E-state index is 0.298. The van der Waals surface area contributed by atoms with Gasteiger partial charge in [0.1, 0.15) is 11.5 Å². The maximum atomic E-state index is 12.9. The number of carbonyl (C=O) groups is 2. The molecule has 0 heterocycles. The number of ether oxygens (including phenoxy) is 2. The summed E-state index contributed by atoms with van der Waals surface area (Å²) in [6, 6.07) is 30.5. The molecular weight excluding hydrogens is 604 g/mol. The molecule has 7 rings (SSSR count). The average Bonchev–Trinajstić information content (AvgIpc) is 3.43. The largest absolute Gasteiger partial charge is 0.423 e. The van der Waals surface area contributed by atoms with Crippen molar-refractivity contribution in [2.45, 2.75) is 95.3 Å². The first kappa shape index (κ1) is 32.8. The van der Waals surface area contributed by atoms with Crippen LogP contribution in [0.25, 0.3) is 11.1 Å². The van der Waals surface area contributed by atoms with Gasteiger partial charge in [-0.2, -0.15) is 0 Å². The predicted molar refractivity (Wildman–Crippen MR) is 196 cm³/mol. The third-order valence-electron chi connectivity index (χ3n) is 11.0. The van der Waals surface area contributed by atoms with Gasteiger partial charge >= 0.3 is 11.9 Å². The molecule has 49 heavy (non-hydrogen) atoms. The second kappa shape index (κ2) is 13.7. The van der Waals surface area contributed by atoms with Gasteiger partial charge in [0.15, 0.2) is 0 Å². The molecule has 4 nitrogen and oxygen atoms in total. The third-order valence-corrected chi connectivity index (χ3v) is 11.0. The van der Waals surface area contributed by atoms with Gasteiger partial charge in [-0.25, -0.2) is 9.59 Å². The van der Waals surface area contributed by atoms with Crippen LogP contribution in [0.5, 0.6) is 11.5 Å². The topological polar surface area (TPSA) is 52.6 Å². The molecule has 0 atom stereocenters. The van der Waals surface area contributed by atoms with Crippen molar-refractivity contribution in [2.75, 3.05) is 0 Å². The number of rotatable bonds is 8. The fourth-order valence-electron chi connectivity index (χ4n) is 8.61. The van der Waals surface area contributed by atoms with E-state index in [2.05, 4.69) is 86.0 Å². The first-order valence-corrected chi connectivity index (χ1v) is 18.0. The maximum Gasteiger partial charge on any atom is 0.338 e. The Bertz CT molecular complexity index is 1790. The first-order chi connectivity index (χ1) is 23.8. The summed E-state index contributed by atoms with van der Waals surface area (Å²) in [5.41, 5.74) is 9.46. The molecule has 0 aromatic heterocycles. The van der Waals surface area contributed by atoms with Crippen LogP contribution < -0.4 is 9.47 Å². The van der Waals surface area contributed by atoms with Gasteiger partial charge in [-0.3, -0.25) is 0 Å². The highest BCUT2D eigenvalue weighted by Gasteiger charge is 2.47. The number of fused-ring (bicyclic) bond motifs is 3. The lowest BCUT2D eigenvalue weighted by Crippen LogP contribution is -2.29. The van der Waals surface area contributed by atoms with Gasteiger partial charge in [-0.05, 0) is 108 Å². The molecule has 250 valence electrons. The highest BCUT2D eigenvalue weighted by atomic mass is 16.5. The molecule has 4 heteroatoms. The molecule has 0 aliphatic heterocycles. The monoisotopic (exact) mass is 650 g/mol. The summed E-state index contributed by atoms with van der Waals surface area (Å²) in [5.74, 6) is 1.06. The summed E-state index contributed by atoms with van der Waals surface area (Å²) in [7, 11) is 0. The lowest BCUT2D eigenvalue weighted by Gasteiger charge is -2.36. The Morgan fingerprint density at radius 1 is 0.571 bits per heavy atom. The summed E-state index contributed by atoms with van der Waals surface area (Å²) in [6.45, 7) is 11.1. The molecule has 0 spiro atoms. The van der Waals surface area contributed by atoms with E-state index in [9.17, 15) is 9.59 Å². The molecule has 0 N–H and O–H groups in total. The van der Waals surface area contributed by atoms with Crippen LogP contribution in [-0.4, -0.2) is 11.9 Å². The molecule has 3 aliphatic carbocycles. The predicted octanol–water partition coefficient (Wildman–Crippen LogP) is 11.1. The van der Waals surface area contributed by atoms with E-state index in [0.29, 0.717) is 34.5 Å². The number of benzene rings is 4. The lowest BCUT2D eigenvalue weighted by molar-refractivity contribution is -0.131. The van der Waals surface area contributed by atoms with Gasteiger partial charge in [0.05, 0.1) is 5.41 Å². The van der Waals surface area contributed by atoms with E-state index in [1.165, 1.54) is 35.1 Å². The SMILES string of the molecule is C=C(C)C(=O)Oc1ccc(C2(c3ccc(OC(=O)C(=C)C)c(C4CCCCC4)c3)c3ccccc3-c3ccccc32)cc1C1CCCCC1. The van der Waals surface area contributed by atoms with Crippen molar-refractivity contribution in [3.63, 3.8) is 0 Å². The molecule has 4 aromatic carbocycles. The normalized spacial score (nSPS) is 17.1. The van der Waals surface area contributed by atoms with E-state index in [1.54, 1.807) is 13.8 Å². The van der Waals surface area contributed by atoms with Crippen LogP contribution in [0, 0.1) is 0 Å². The molecule has 0 bridgehead atoms. The van der Waals surface area contributed by atoms with Crippen LogP contribution >= 0.6 is 0 Å². The van der Waals surface area contributed by atoms with E-state index < -0.39 is 17.4 Å². The van der Waals surface area contributed by atoms with Crippen LogP contribution in [0.15, 0.2) is 109 Å². The Hall–Kier alpha value is -4.70. The lowest BCUT2D eigenvalue weighted by atomic mass is 9.66. The van der Waals surface area contributed by atoms with E-state index in [1.807, 2.05) is 12.1 Å². The Balaban J connectivity index is 1.50. The van der Waals surface area contributed by atoms with Gasteiger partial charge in [0, 0.05) is 11.1 Å². The van der Waals surface area contributed by atoms with Crippen LogP contribution in [0.3, 0.4) is 0 Å². The van der Waals surface area contributed by atoms with Crippen molar-refractivity contribution in [1.82, 2.24) is 0 Å². The molecule has 3 aliphatic rings. The molecule has 2 fully saturated rings. The van der Waals surface area contributed by atoms with Crippen molar-refractivity contribution in [1.29, 1.82) is 0 Å². The second-order valence-electron chi connectivity index (χ2n) is 14.4. The summed E-state index contributed by atoms with van der Waals surface area (Å²) >= 11 is 0. The summed E-state index contributed by atoms with van der Waals surface area (Å²) in [6.07, 6.45) is 11.4. The molecule has 2 saturated carbocycles. The Morgan fingerprint density at radius 3 is 1.35 bits per heavy atom. The van der Waals surface area contributed by atoms with E-state index in [-0.39, 0.29) is 0 Å². The highest BCUT2D eigenvalue weighted by molar-refractivity contribution is 5.90. The van der Waals surface area contributed by atoms with Crippen molar-refractivity contribution in [3.8, 4) is 22.6 Å². The zero-order valence-electron chi connectivity index (χ0n) is 28.9. The minimum Gasteiger partial charge on any atom is -0.423 e. The Labute approximate surface area is 290 Å².